The average molecular weight is 427 g/mol. The lowest BCUT2D eigenvalue weighted by Gasteiger charge is -2.22. The van der Waals surface area contributed by atoms with E-state index in [0.29, 0.717) is 30.1 Å². The Balaban J connectivity index is 2.01. The van der Waals surface area contributed by atoms with Crippen molar-refractivity contribution >= 4 is 11.9 Å². The van der Waals surface area contributed by atoms with Crippen LogP contribution in [-0.2, 0) is 14.3 Å². The van der Waals surface area contributed by atoms with Gasteiger partial charge in [-0.1, -0.05) is 24.3 Å². The molecule has 1 amide bonds. The van der Waals surface area contributed by atoms with Crippen LogP contribution in [0.2, 0.25) is 0 Å². The maximum Gasteiger partial charge on any atom is 0.306 e. The summed E-state index contributed by atoms with van der Waals surface area (Å²) in [4.78, 5) is 24.2. The van der Waals surface area contributed by atoms with Gasteiger partial charge in [-0.25, -0.2) is 0 Å². The number of amides is 1. The number of carboxylic acid groups (broad SMARTS) is 1. The van der Waals surface area contributed by atoms with Crippen molar-refractivity contribution in [3.05, 3.63) is 72.8 Å². The molecule has 31 heavy (non-hydrogen) atoms. The molecule has 0 unspecified atom stereocenters. The molecule has 0 aliphatic carbocycles. The van der Waals surface area contributed by atoms with Crippen LogP contribution >= 0.6 is 0 Å². The molecular weight excluding hydrogens is 398 g/mol. The molecule has 0 saturated carbocycles. The Morgan fingerprint density at radius 1 is 1.06 bits per heavy atom. The first kappa shape index (κ1) is 24.1. The van der Waals surface area contributed by atoms with Crippen molar-refractivity contribution in [2.24, 2.45) is 5.92 Å². The molecule has 0 fully saturated rings. The number of hydrogen-bond acceptors (Lipinski definition) is 5. The normalized spacial score (nSPS) is 12.5. The van der Waals surface area contributed by atoms with E-state index in [1.807, 2.05) is 37.3 Å². The molecule has 7 nitrogen and oxygen atoms in total. The molecule has 2 aromatic carbocycles. The number of allylic oxidation sites excluding steroid dienone is 1. The molecule has 0 heterocycles. The van der Waals surface area contributed by atoms with Crippen LogP contribution in [0.15, 0.2) is 67.3 Å². The first-order valence-corrected chi connectivity index (χ1v) is 10.2. The molecule has 2 aromatic rings. The van der Waals surface area contributed by atoms with E-state index in [-0.39, 0.29) is 25.7 Å². The van der Waals surface area contributed by atoms with E-state index in [9.17, 15) is 14.7 Å². The Morgan fingerprint density at radius 3 is 2.35 bits per heavy atom. The van der Waals surface area contributed by atoms with Crippen molar-refractivity contribution < 1.29 is 28.9 Å². The fourth-order valence-corrected chi connectivity index (χ4v) is 2.91. The van der Waals surface area contributed by atoms with Gasteiger partial charge in [0.2, 0.25) is 0 Å². The molecule has 2 atom stereocenters. The summed E-state index contributed by atoms with van der Waals surface area (Å²) in [5, 5.41) is 12.3. The number of carbonyl (C=O) groups excluding carboxylic acids is 1. The zero-order valence-corrected chi connectivity index (χ0v) is 17.7. The number of nitrogens with one attached hydrogen (secondary N) is 1. The van der Waals surface area contributed by atoms with E-state index in [1.54, 1.807) is 30.3 Å². The number of ether oxygens (including phenoxy) is 3. The van der Waals surface area contributed by atoms with Crippen molar-refractivity contribution in [1.29, 1.82) is 0 Å². The predicted molar refractivity (Wildman–Crippen MR) is 117 cm³/mol. The van der Waals surface area contributed by atoms with Crippen LogP contribution < -0.4 is 10.1 Å². The van der Waals surface area contributed by atoms with Gasteiger partial charge in [-0.05, 0) is 56.2 Å². The topological polar surface area (TPSA) is 94.1 Å². The second kappa shape index (κ2) is 13.2. The number of carboxylic acids is 1. The Labute approximate surface area is 182 Å². The summed E-state index contributed by atoms with van der Waals surface area (Å²) in [7, 11) is 0. The SMILES string of the molecule is C=CC[C@@H](C[C@@H](COCOCC)NC(=O)c1ccc(Oc2ccccc2)cc1)C(=O)O. The monoisotopic (exact) mass is 427 g/mol. The lowest BCUT2D eigenvalue weighted by molar-refractivity contribution is -0.142. The molecule has 2 rings (SSSR count). The van der Waals surface area contributed by atoms with E-state index in [2.05, 4.69) is 11.9 Å². The van der Waals surface area contributed by atoms with E-state index in [4.69, 9.17) is 14.2 Å². The number of hydrogen-bond donors (Lipinski definition) is 2. The number of benzene rings is 2. The van der Waals surface area contributed by atoms with Gasteiger partial charge in [0.05, 0.1) is 18.6 Å². The Kier molecular flexibility index (Phi) is 10.3. The summed E-state index contributed by atoms with van der Waals surface area (Å²) in [5.74, 6) is -0.616. The van der Waals surface area contributed by atoms with Gasteiger partial charge in [-0.2, -0.15) is 0 Å². The Bertz CT molecular complexity index is 822. The predicted octanol–water partition coefficient (Wildman–Crippen LogP) is 4.25. The summed E-state index contributed by atoms with van der Waals surface area (Å²) in [6.45, 7) is 6.18. The molecular formula is C24H29NO6. The summed E-state index contributed by atoms with van der Waals surface area (Å²) < 4.78 is 16.3. The second-order valence-corrected chi connectivity index (χ2v) is 6.89. The Morgan fingerprint density at radius 2 is 1.74 bits per heavy atom. The third-order valence-corrected chi connectivity index (χ3v) is 4.49. The van der Waals surface area contributed by atoms with Crippen LogP contribution in [0.1, 0.15) is 30.1 Å². The van der Waals surface area contributed by atoms with Gasteiger partial charge >= 0.3 is 5.97 Å². The third-order valence-electron chi connectivity index (χ3n) is 4.49. The van der Waals surface area contributed by atoms with E-state index in [0.717, 1.165) is 0 Å². The van der Waals surface area contributed by atoms with Gasteiger partial charge in [0.15, 0.2) is 0 Å². The summed E-state index contributed by atoms with van der Waals surface area (Å²) in [6.07, 6.45) is 2.08. The Hall–Kier alpha value is -3.16. The smallest absolute Gasteiger partial charge is 0.306 e. The van der Waals surface area contributed by atoms with Crippen molar-refractivity contribution in [2.45, 2.75) is 25.8 Å². The minimum Gasteiger partial charge on any atom is -0.481 e. The number of rotatable bonds is 14. The molecule has 0 radical (unpaired) electrons. The van der Waals surface area contributed by atoms with Crippen molar-refractivity contribution in [3.63, 3.8) is 0 Å². The van der Waals surface area contributed by atoms with Crippen molar-refractivity contribution in [2.75, 3.05) is 20.0 Å². The quantitative estimate of drug-likeness (QED) is 0.266. The fourth-order valence-electron chi connectivity index (χ4n) is 2.91. The minimum absolute atomic E-state index is 0.0770. The van der Waals surface area contributed by atoms with Gasteiger partial charge in [0.25, 0.3) is 5.91 Å². The molecule has 0 spiro atoms. The molecule has 0 aliphatic rings. The highest BCUT2D eigenvalue weighted by Crippen LogP contribution is 2.21. The molecule has 0 aliphatic heterocycles. The maximum absolute atomic E-state index is 12.7. The van der Waals surface area contributed by atoms with Gasteiger partial charge in [-0.15, -0.1) is 6.58 Å². The summed E-state index contributed by atoms with van der Waals surface area (Å²) in [6, 6.07) is 15.6. The van der Waals surface area contributed by atoms with Gasteiger partial charge in [0, 0.05) is 12.2 Å². The zero-order chi connectivity index (χ0) is 22.5. The lowest BCUT2D eigenvalue weighted by atomic mass is 9.96. The third kappa shape index (κ3) is 8.62. The van der Waals surface area contributed by atoms with Crippen LogP contribution in [0.5, 0.6) is 11.5 Å². The van der Waals surface area contributed by atoms with Crippen LogP contribution in [0.3, 0.4) is 0 Å². The zero-order valence-electron chi connectivity index (χ0n) is 17.7. The average Bonchev–Trinajstić information content (AvgIpc) is 2.77. The van der Waals surface area contributed by atoms with Crippen molar-refractivity contribution in [3.8, 4) is 11.5 Å². The first-order valence-electron chi connectivity index (χ1n) is 10.2. The highest BCUT2D eigenvalue weighted by Gasteiger charge is 2.23. The van der Waals surface area contributed by atoms with Gasteiger partial charge < -0.3 is 24.6 Å². The standard InChI is InChI=1S/C24H29NO6/c1-3-8-19(24(27)28)15-20(16-30-17-29-4-2)25-23(26)18-11-13-22(14-12-18)31-21-9-6-5-7-10-21/h3,5-7,9-14,19-20H,1,4,8,15-17H2,2H3,(H,25,26)(H,27,28)/t19-,20-/m0/s1. The van der Waals surface area contributed by atoms with E-state index in [1.165, 1.54) is 0 Å². The molecule has 0 aromatic heterocycles. The van der Waals surface area contributed by atoms with Crippen LogP contribution in [-0.4, -0.2) is 43.0 Å². The van der Waals surface area contributed by atoms with Gasteiger partial charge in [0.1, 0.15) is 18.3 Å². The first-order chi connectivity index (χ1) is 15.0. The highest BCUT2D eigenvalue weighted by atomic mass is 16.7. The van der Waals surface area contributed by atoms with Crippen LogP contribution in [0.25, 0.3) is 0 Å². The minimum atomic E-state index is -0.939. The molecule has 166 valence electrons. The molecule has 2 N–H and O–H groups in total. The lowest BCUT2D eigenvalue weighted by Crippen LogP contribution is -2.40. The second-order valence-electron chi connectivity index (χ2n) is 6.89. The van der Waals surface area contributed by atoms with Crippen LogP contribution in [0, 0.1) is 5.92 Å². The number of carbonyl (C=O) groups is 2. The van der Waals surface area contributed by atoms with E-state index < -0.39 is 17.9 Å². The number of para-hydroxylation sites is 1. The number of aliphatic carboxylic acids is 1. The summed E-state index contributed by atoms with van der Waals surface area (Å²) in [5.41, 5.74) is 0.436. The van der Waals surface area contributed by atoms with Gasteiger partial charge in [-0.3, -0.25) is 9.59 Å². The molecule has 7 heteroatoms. The fraction of sp³-hybridized carbons (Fsp3) is 0.333. The molecule has 0 bridgehead atoms. The highest BCUT2D eigenvalue weighted by molar-refractivity contribution is 5.94. The van der Waals surface area contributed by atoms with Crippen LogP contribution in [0.4, 0.5) is 0 Å². The summed E-state index contributed by atoms with van der Waals surface area (Å²) >= 11 is 0. The molecule has 0 saturated heterocycles. The maximum atomic E-state index is 12.7. The van der Waals surface area contributed by atoms with Crippen molar-refractivity contribution in [1.82, 2.24) is 5.32 Å². The van der Waals surface area contributed by atoms with E-state index >= 15 is 0 Å². The largest absolute Gasteiger partial charge is 0.481 e.